The molecule has 2 unspecified atom stereocenters. The molecule has 0 saturated carbocycles. The number of benzene rings is 1. The molecule has 1 aliphatic rings. The van der Waals surface area contributed by atoms with Gasteiger partial charge in [0.05, 0.1) is 26.4 Å². The van der Waals surface area contributed by atoms with E-state index in [-0.39, 0.29) is 5.97 Å². The average Bonchev–Trinajstić information content (AvgIpc) is 2.53. The molecule has 0 aliphatic carbocycles. The number of aliphatic hydroxyl groups excluding tert-OH is 1. The van der Waals surface area contributed by atoms with Gasteiger partial charge in [-0.1, -0.05) is 30.3 Å². The summed E-state index contributed by atoms with van der Waals surface area (Å²) in [6.45, 7) is 2.58. The van der Waals surface area contributed by atoms with E-state index in [0.29, 0.717) is 32.7 Å². The molecule has 110 valence electrons. The molecule has 0 spiro atoms. The summed E-state index contributed by atoms with van der Waals surface area (Å²) in [4.78, 5) is 14.0. The molecule has 1 saturated heterocycles. The highest BCUT2D eigenvalue weighted by molar-refractivity contribution is 5.75. The van der Waals surface area contributed by atoms with Crippen LogP contribution in [-0.4, -0.2) is 55.4 Å². The lowest BCUT2D eigenvalue weighted by molar-refractivity contribution is -0.150. The first-order valence-electron chi connectivity index (χ1n) is 6.85. The Morgan fingerprint density at radius 3 is 2.60 bits per heavy atom. The molecular weight excluding hydrogens is 258 g/mol. The molecule has 1 aromatic carbocycles. The van der Waals surface area contributed by atoms with Crippen molar-refractivity contribution in [2.45, 2.75) is 18.6 Å². The number of hydrogen-bond donors (Lipinski definition) is 1. The zero-order valence-electron chi connectivity index (χ0n) is 11.7. The predicted octanol–water partition coefficient (Wildman–Crippen LogP) is 0.984. The number of ether oxygens (including phenoxy) is 2. The maximum absolute atomic E-state index is 12.0. The van der Waals surface area contributed by atoms with Gasteiger partial charge in [0.2, 0.25) is 0 Å². The minimum atomic E-state index is -0.678. The molecule has 5 heteroatoms. The van der Waals surface area contributed by atoms with Crippen molar-refractivity contribution in [1.82, 2.24) is 4.90 Å². The van der Waals surface area contributed by atoms with Crippen molar-refractivity contribution in [2.24, 2.45) is 0 Å². The molecule has 1 aromatic rings. The number of rotatable bonds is 5. The third kappa shape index (κ3) is 3.79. The van der Waals surface area contributed by atoms with Gasteiger partial charge in [0.25, 0.3) is 0 Å². The van der Waals surface area contributed by atoms with Crippen LogP contribution in [0, 0.1) is 0 Å². The fourth-order valence-corrected chi connectivity index (χ4v) is 2.44. The van der Waals surface area contributed by atoms with E-state index >= 15 is 0 Å². The molecule has 2 atom stereocenters. The Labute approximate surface area is 119 Å². The molecule has 0 bridgehead atoms. The Bertz CT molecular complexity index is 417. The van der Waals surface area contributed by atoms with Gasteiger partial charge >= 0.3 is 5.97 Å². The van der Waals surface area contributed by atoms with E-state index in [0.717, 1.165) is 5.56 Å². The lowest BCUT2D eigenvalue weighted by Crippen LogP contribution is -2.48. The number of morpholine rings is 1. The monoisotopic (exact) mass is 279 g/mol. The van der Waals surface area contributed by atoms with Gasteiger partial charge in [-0.2, -0.15) is 0 Å². The van der Waals surface area contributed by atoms with Crippen molar-refractivity contribution in [2.75, 3.05) is 33.4 Å². The number of esters is 1. The summed E-state index contributed by atoms with van der Waals surface area (Å²) in [5.41, 5.74) is 0.815. The lowest BCUT2D eigenvalue weighted by atomic mass is 10.0. The van der Waals surface area contributed by atoms with Crippen LogP contribution < -0.4 is 0 Å². The third-order valence-corrected chi connectivity index (χ3v) is 3.59. The number of nitrogens with zero attached hydrogens (tertiary/aromatic N) is 1. The van der Waals surface area contributed by atoms with E-state index in [4.69, 9.17) is 9.47 Å². The van der Waals surface area contributed by atoms with Gasteiger partial charge in [-0.15, -0.1) is 0 Å². The quantitative estimate of drug-likeness (QED) is 0.814. The number of aliphatic hydroxyl groups is 1. The summed E-state index contributed by atoms with van der Waals surface area (Å²) >= 11 is 0. The van der Waals surface area contributed by atoms with E-state index in [1.807, 2.05) is 35.2 Å². The first kappa shape index (κ1) is 15.0. The first-order valence-corrected chi connectivity index (χ1v) is 6.85. The molecule has 0 amide bonds. The predicted molar refractivity (Wildman–Crippen MR) is 74.2 cm³/mol. The van der Waals surface area contributed by atoms with E-state index in [1.165, 1.54) is 7.11 Å². The van der Waals surface area contributed by atoms with Crippen LogP contribution in [0.25, 0.3) is 0 Å². The molecule has 0 aromatic heterocycles. The summed E-state index contributed by atoms with van der Waals surface area (Å²) < 4.78 is 10.2. The number of carbonyl (C=O) groups is 1. The van der Waals surface area contributed by atoms with Crippen LogP contribution in [-0.2, 0) is 14.3 Å². The largest absolute Gasteiger partial charge is 0.468 e. The fourth-order valence-electron chi connectivity index (χ4n) is 2.44. The van der Waals surface area contributed by atoms with Crippen LogP contribution >= 0.6 is 0 Å². The van der Waals surface area contributed by atoms with Crippen LogP contribution in [0.3, 0.4) is 0 Å². The van der Waals surface area contributed by atoms with E-state index in [1.54, 1.807) is 0 Å². The second-order valence-corrected chi connectivity index (χ2v) is 4.85. The molecule has 1 heterocycles. The lowest BCUT2D eigenvalue weighted by Gasteiger charge is -2.33. The number of methoxy groups -OCH3 is 1. The molecule has 1 aliphatic heterocycles. The Morgan fingerprint density at radius 2 is 2.00 bits per heavy atom. The minimum absolute atomic E-state index is 0.304. The second-order valence-electron chi connectivity index (χ2n) is 4.85. The molecule has 2 rings (SSSR count). The number of hydrogen-bond acceptors (Lipinski definition) is 5. The van der Waals surface area contributed by atoms with E-state index in [2.05, 4.69) is 0 Å². The van der Waals surface area contributed by atoms with Crippen molar-refractivity contribution in [3.8, 4) is 0 Å². The Kier molecular flexibility index (Phi) is 5.52. The molecule has 1 fully saturated rings. The standard InChI is InChI=1S/C15H21NO4/c1-19-15(18)13(16-7-9-20-10-8-16)11-14(17)12-5-3-2-4-6-12/h2-6,13-14,17H,7-11H2,1H3. The highest BCUT2D eigenvalue weighted by Gasteiger charge is 2.30. The van der Waals surface area contributed by atoms with E-state index in [9.17, 15) is 9.90 Å². The Hall–Kier alpha value is -1.43. The van der Waals surface area contributed by atoms with Gasteiger partial charge < -0.3 is 14.6 Å². The van der Waals surface area contributed by atoms with Gasteiger partial charge in [-0.25, -0.2) is 0 Å². The molecule has 1 N–H and O–H groups in total. The second kappa shape index (κ2) is 7.38. The van der Waals surface area contributed by atoms with Crippen molar-refractivity contribution in [3.05, 3.63) is 35.9 Å². The van der Waals surface area contributed by atoms with Gasteiger partial charge in [-0.3, -0.25) is 9.69 Å². The molecule has 0 radical (unpaired) electrons. The minimum Gasteiger partial charge on any atom is -0.468 e. The fraction of sp³-hybridized carbons (Fsp3) is 0.533. The van der Waals surface area contributed by atoms with E-state index < -0.39 is 12.1 Å². The van der Waals surface area contributed by atoms with Crippen molar-refractivity contribution >= 4 is 5.97 Å². The third-order valence-electron chi connectivity index (χ3n) is 3.59. The van der Waals surface area contributed by atoms with Crippen LogP contribution in [0.1, 0.15) is 18.1 Å². The van der Waals surface area contributed by atoms with Gasteiger partial charge in [-0.05, 0) is 5.56 Å². The molecule has 20 heavy (non-hydrogen) atoms. The maximum Gasteiger partial charge on any atom is 0.323 e. The summed E-state index contributed by atoms with van der Waals surface area (Å²) in [7, 11) is 1.38. The molecule has 5 nitrogen and oxygen atoms in total. The van der Waals surface area contributed by atoms with Crippen LogP contribution in [0.4, 0.5) is 0 Å². The van der Waals surface area contributed by atoms with Crippen molar-refractivity contribution in [1.29, 1.82) is 0 Å². The van der Waals surface area contributed by atoms with Gasteiger partial charge in [0.15, 0.2) is 0 Å². The Morgan fingerprint density at radius 1 is 1.35 bits per heavy atom. The zero-order chi connectivity index (χ0) is 14.4. The highest BCUT2D eigenvalue weighted by Crippen LogP contribution is 2.22. The smallest absolute Gasteiger partial charge is 0.323 e. The topological polar surface area (TPSA) is 59.0 Å². The van der Waals surface area contributed by atoms with Gasteiger partial charge in [0, 0.05) is 19.5 Å². The summed E-state index contributed by atoms with van der Waals surface area (Å²) in [5.74, 6) is -0.304. The van der Waals surface area contributed by atoms with Gasteiger partial charge in [0.1, 0.15) is 6.04 Å². The summed E-state index contributed by atoms with van der Waals surface area (Å²) in [6.07, 6.45) is -0.348. The highest BCUT2D eigenvalue weighted by atomic mass is 16.5. The average molecular weight is 279 g/mol. The maximum atomic E-state index is 12.0. The van der Waals surface area contributed by atoms with Crippen LogP contribution in [0.5, 0.6) is 0 Å². The first-order chi connectivity index (χ1) is 9.72. The molecular formula is C15H21NO4. The Balaban J connectivity index is 2.05. The normalized spacial score (nSPS) is 19.3. The summed E-state index contributed by atoms with van der Waals surface area (Å²) in [6, 6.07) is 8.94. The van der Waals surface area contributed by atoms with Crippen molar-refractivity contribution in [3.63, 3.8) is 0 Å². The SMILES string of the molecule is COC(=O)C(CC(O)c1ccccc1)N1CCOCC1. The van der Waals surface area contributed by atoms with Crippen molar-refractivity contribution < 1.29 is 19.4 Å². The van der Waals surface area contributed by atoms with Crippen LogP contribution in [0.15, 0.2) is 30.3 Å². The summed E-state index contributed by atoms with van der Waals surface area (Å²) in [5, 5.41) is 10.3. The number of carbonyl (C=O) groups excluding carboxylic acids is 1. The van der Waals surface area contributed by atoms with Crippen LogP contribution in [0.2, 0.25) is 0 Å². The zero-order valence-corrected chi connectivity index (χ0v) is 11.7.